The highest BCUT2D eigenvalue weighted by molar-refractivity contribution is 5.99. The lowest BCUT2D eigenvalue weighted by Crippen LogP contribution is -2.26. The van der Waals surface area contributed by atoms with Crippen molar-refractivity contribution in [2.75, 3.05) is 6.61 Å². The Morgan fingerprint density at radius 2 is 2.00 bits per heavy atom. The van der Waals surface area contributed by atoms with Gasteiger partial charge in [-0.1, -0.05) is 30.3 Å². The molecule has 3 rings (SSSR count). The third-order valence-electron chi connectivity index (χ3n) is 3.55. The molecule has 0 aromatic heterocycles. The molecule has 0 atom stereocenters. The molecule has 2 aromatic rings. The van der Waals surface area contributed by atoms with Crippen LogP contribution in [0.3, 0.4) is 0 Å². The first kappa shape index (κ1) is 15.1. The molecule has 2 aromatic carbocycles. The fourth-order valence-electron chi connectivity index (χ4n) is 2.38. The second-order valence-electron chi connectivity index (χ2n) is 5.26. The molecule has 1 aliphatic heterocycles. The molecule has 5 heteroatoms. The normalized spacial score (nSPS) is 13.5. The maximum Gasteiger partial charge on any atom is 0.412 e. The zero-order valence-corrected chi connectivity index (χ0v) is 12.6. The van der Waals surface area contributed by atoms with Gasteiger partial charge in [0, 0.05) is 19.0 Å². The van der Waals surface area contributed by atoms with Crippen LogP contribution in [-0.4, -0.2) is 18.5 Å². The van der Waals surface area contributed by atoms with Crippen molar-refractivity contribution in [2.24, 2.45) is 0 Å². The van der Waals surface area contributed by atoms with Crippen molar-refractivity contribution in [3.63, 3.8) is 0 Å². The van der Waals surface area contributed by atoms with Crippen molar-refractivity contribution < 1.29 is 19.1 Å². The van der Waals surface area contributed by atoms with E-state index < -0.39 is 6.09 Å². The quantitative estimate of drug-likeness (QED) is 0.944. The van der Waals surface area contributed by atoms with E-state index in [1.54, 1.807) is 18.2 Å². The van der Waals surface area contributed by atoms with Crippen LogP contribution < -0.4 is 14.8 Å². The molecular weight excluding hydrogens is 294 g/mol. The predicted octanol–water partition coefficient (Wildman–Crippen LogP) is 3.33. The van der Waals surface area contributed by atoms with E-state index in [-0.39, 0.29) is 5.78 Å². The van der Waals surface area contributed by atoms with Crippen LogP contribution in [-0.2, 0) is 6.54 Å². The van der Waals surface area contributed by atoms with E-state index in [0.717, 1.165) is 5.56 Å². The summed E-state index contributed by atoms with van der Waals surface area (Å²) in [6, 6.07) is 14.4. The van der Waals surface area contributed by atoms with Gasteiger partial charge in [0.15, 0.2) is 5.78 Å². The van der Waals surface area contributed by atoms with Crippen LogP contribution in [0, 0.1) is 0 Å². The second kappa shape index (κ2) is 6.96. The number of carbonyl (C=O) groups is 2. The molecule has 0 saturated heterocycles. The summed E-state index contributed by atoms with van der Waals surface area (Å²) in [7, 11) is 0. The van der Waals surface area contributed by atoms with Gasteiger partial charge < -0.3 is 14.8 Å². The van der Waals surface area contributed by atoms with Gasteiger partial charge in [0.25, 0.3) is 0 Å². The molecular formula is C18H17NO4. The van der Waals surface area contributed by atoms with Crippen LogP contribution in [0.25, 0.3) is 0 Å². The summed E-state index contributed by atoms with van der Waals surface area (Å²) in [6.07, 6.45) is 0.625. The molecule has 1 N–H and O–H groups in total. The van der Waals surface area contributed by atoms with Gasteiger partial charge in [0.05, 0.1) is 12.2 Å². The van der Waals surface area contributed by atoms with Crippen LogP contribution in [0.1, 0.15) is 28.8 Å². The Kier molecular flexibility index (Phi) is 4.57. The van der Waals surface area contributed by atoms with E-state index in [2.05, 4.69) is 5.32 Å². The number of ether oxygens (including phenoxy) is 2. The highest BCUT2D eigenvalue weighted by atomic mass is 16.6. The van der Waals surface area contributed by atoms with Crippen molar-refractivity contribution in [3.05, 3.63) is 59.7 Å². The number of carbonyl (C=O) groups excluding carboxylic acids is 2. The highest BCUT2D eigenvalue weighted by Gasteiger charge is 2.18. The Morgan fingerprint density at radius 1 is 1.17 bits per heavy atom. The number of Topliss-reactive ketones (excluding diaryl/α,β-unsaturated/α-hetero) is 1. The van der Waals surface area contributed by atoms with Gasteiger partial charge >= 0.3 is 6.09 Å². The summed E-state index contributed by atoms with van der Waals surface area (Å²) in [5, 5.41) is 2.68. The van der Waals surface area contributed by atoms with Gasteiger partial charge in [-0.15, -0.1) is 0 Å². The predicted molar refractivity (Wildman–Crippen MR) is 84.8 cm³/mol. The Hall–Kier alpha value is -2.82. The molecule has 1 heterocycles. The standard InChI is InChI=1S/C18H17NO4/c20-16-7-4-10-22-17-11-14(8-9-15(16)17)23-18(21)19-12-13-5-2-1-3-6-13/h1-3,5-6,8-9,11H,4,7,10,12H2,(H,19,21). The maximum atomic E-state index is 11.9. The lowest BCUT2D eigenvalue weighted by molar-refractivity contribution is 0.0983. The van der Waals surface area contributed by atoms with Crippen molar-refractivity contribution in [1.29, 1.82) is 0 Å². The van der Waals surface area contributed by atoms with E-state index in [1.807, 2.05) is 30.3 Å². The van der Waals surface area contributed by atoms with Gasteiger partial charge in [-0.2, -0.15) is 0 Å². The highest BCUT2D eigenvalue weighted by Crippen LogP contribution is 2.28. The van der Waals surface area contributed by atoms with Gasteiger partial charge in [0.1, 0.15) is 11.5 Å². The molecule has 0 radical (unpaired) electrons. The third-order valence-corrected chi connectivity index (χ3v) is 3.55. The van der Waals surface area contributed by atoms with E-state index in [9.17, 15) is 9.59 Å². The molecule has 0 bridgehead atoms. The molecule has 23 heavy (non-hydrogen) atoms. The molecule has 118 valence electrons. The minimum absolute atomic E-state index is 0.0533. The lowest BCUT2D eigenvalue weighted by Gasteiger charge is -2.10. The largest absolute Gasteiger partial charge is 0.493 e. The van der Waals surface area contributed by atoms with E-state index in [0.29, 0.717) is 43.1 Å². The summed E-state index contributed by atoms with van der Waals surface area (Å²) < 4.78 is 10.8. The van der Waals surface area contributed by atoms with Crippen molar-refractivity contribution in [2.45, 2.75) is 19.4 Å². The Labute approximate surface area is 134 Å². The molecule has 0 aliphatic carbocycles. The maximum absolute atomic E-state index is 11.9. The first-order chi connectivity index (χ1) is 11.2. The zero-order chi connectivity index (χ0) is 16.1. The molecule has 1 aliphatic rings. The van der Waals surface area contributed by atoms with Crippen LogP contribution in [0.2, 0.25) is 0 Å². The van der Waals surface area contributed by atoms with Crippen molar-refractivity contribution >= 4 is 11.9 Å². The Balaban J connectivity index is 1.62. The number of amides is 1. The van der Waals surface area contributed by atoms with Gasteiger partial charge in [-0.05, 0) is 24.1 Å². The van der Waals surface area contributed by atoms with E-state index in [4.69, 9.17) is 9.47 Å². The fourth-order valence-corrected chi connectivity index (χ4v) is 2.38. The lowest BCUT2D eigenvalue weighted by atomic mass is 10.1. The Morgan fingerprint density at radius 3 is 2.83 bits per heavy atom. The SMILES string of the molecule is O=C(NCc1ccccc1)Oc1ccc2c(c1)OCCCC2=O. The van der Waals surface area contributed by atoms with E-state index in [1.165, 1.54) is 0 Å². The number of ketones is 1. The van der Waals surface area contributed by atoms with Crippen LogP contribution in [0.5, 0.6) is 11.5 Å². The Bertz CT molecular complexity index is 712. The van der Waals surface area contributed by atoms with Crippen LogP contribution in [0.15, 0.2) is 48.5 Å². The summed E-state index contributed by atoms with van der Waals surface area (Å²) in [4.78, 5) is 23.7. The summed E-state index contributed by atoms with van der Waals surface area (Å²) in [6.45, 7) is 0.877. The number of fused-ring (bicyclic) bond motifs is 1. The number of nitrogens with one attached hydrogen (secondary N) is 1. The minimum Gasteiger partial charge on any atom is -0.493 e. The number of rotatable bonds is 3. The van der Waals surface area contributed by atoms with Gasteiger partial charge in [-0.3, -0.25) is 4.79 Å². The molecule has 1 amide bonds. The van der Waals surface area contributed by atoms with Crippen molar-refractivity contribution in [1.82, 2.24) is 5.32 Å². The molecule has 5 nitrogen and oxygen atoms in total. The average molecular weight is 311 g/mol. The first-order valence-corrected chi connectivity index (χ1v) is 7.52. The smallest absolute Gasteiger partial charge is 0.412 e. The third kappa shape index (κ3) is 3.88. The number of benzene rings is 2. The summed E-state index contributed by atoms with van der Waals surface area (Å²) >= 11 is 0. The number of hydrogen-bond donors (Lipinski definition) is 1. The van der Waals surface area contributed by atoms with Crippen molar-refractivity contribution in [3.8, 4) is 11.5 Å². The molecule has 0 saturated carbocycles. The van der Waals surface area contributed by atoms with Crippen LogP contribution in [0.4, 0.5) is 4.79 Å². The second-order valence-corrected chi connectivity index (χ2v) is 5.26. The first-order valence-electron chi connectivity index (χ1n) is 7.52. The van der Waals surface area contributed by atoms with Gasteiger partial charge in [0.2, 0.25) is 0 Å². The minimum atomic E-state index is -0.547. The van der Waals surface area contributed by atoms with Crippen LogP contribution >= 0.6 is 0 Å². The monoisotopic (exact) mass is 311 g/mol. The molecule has 0 unspecified atom stereocenters. The zero-order valence-electron chi connectivity index (χ0n) is 12.6. The summed E-state index contributed by atoms with van der Waals surface area (Å²) in [5.41, 5.74) is 1.53. The molecule has 0 fully saturated rings. The fraction of sp³-hybridized carbons (Fsp3) is 0.222. The average Bonchev–Trinajstić information content (AvgIpc) is 2.75. The molecule has 0 spiro atoms. The topological polar surface area (TPSA) is 64.6 Å². The number of hydrogen-bond acceptors (Lipinski definition) is 4. The summed E-state index contributed by atoms with van der Waals surface area (Å²) in [5.74, 6) is 0.877. The van der Waals surface area contributed by atoms with Gasteiger partial charge in [-0.25, -0.2) is 4.79 Å². The van der Waals surface area contributed by atoms with E-state index >= 15 is 0 Å².